The lowest BCUT2D eigenvalue weighted by Crippen LogP contribution is -2.27. The quantitative estimate of drug-likeness (QED) is 0.855. The van der Waals surface area contributed by atoms with Gasteiger partial charge in [-0.25, -0.2) is 0 Å². The molecule has 1 amide bonds. The van der Waals surface area contributed by atoms with E-state index in [9.17, 15) is 14.9 Å². The number of rotatable bonds is 5. The average molecular weight is 331 g/mol. The molecule has 0 spiro atoms. The van der Waals surface area contributed by atoms with Crippen LogP contribution in [-0.2, 0) is 9.59 Å². The van der Waals surface area contributed by atoms with Gasteiger partial charge in [-0.3, -0.25) is 9.59 Å². The van der Waals surface area contributed by atoms with E-state index in [4.69, 9.17) is 10.2 Å². The van der Waals surface area contributed by atoms with Gasteiger partial charge in [-0.15, -0.1) is 0 Å². The summed E-state index contributed by atoms with van der Waals surface area (Å²) in [6.45, 7) is 5.02. The molecule has 0 radical (unpaired) electrons. The molecule has 0 saturated heterocycles. The number of amides is 1. The maximum absolute atomic E-state index is 12.1. The van der Waals surface area contributed by atoms with E-state index in [2.05, 4.69) is 11.4 Å². The fourth-order valence-electron chi connectivity index (χ4n) is 2.53. The number of carbonyl (C=O) groups excluding carboxylic acids is 2. The van der Waals surface area contributed by atoms with Crippen molar-refractivity contribution in [3.63, 3.8) is 0 Å². The smallest absolute Gasteiger partial charge is 0.227 e. The molecular formula is C16H17N3O3S. The predicted molar refractivity (Wildman–Crippen MR) is 87.0 cm³/mol. The lowest BCUT2D eigenvalue weighted by molar-refractivity contribution is -0.115. The van der Waals surface area contributed by atoms with E-state index in [1.165, 1.54) is 6.92 Å². The van der Waals surface area contributed by atoms with Gasteiger partial charge in [-0.2, -0.15) is 5.26 Å². The maximum Gasteiger partial charge on any atom is 0.227 e. The topological polar surface area (TPSA) is 109 Å². The van der Waals surface area contributed by atoms with Gasteiger partial charge in [0.05, 0.1) is 28.3 Å². The minimum absolute atomic E-state index is 0.0418. The molecule has 0 fully saturated rings. The Morgan fingerprint density at radius 1 is 1.43 bits per heavy atom. The van der Waals surface area contributed by atoms with Crippen molar-refractivity contribution in [1.29, 1.82) is 5.26 Å². The second kappa shape index (κ2) is 6.75. The van der Waals surface area contributed by atoms with Gasteiger partial charge in [0.2, 0.25) is 5.91 Å². The van der Waals surface area contributed by atoms with Crippen LogP contribution in [0.25, 0.3) is 0 Å². The summed E-state index contributed by atoms with van der Waals surface area (Å²) in [6, 6.07) is 5.69. The number of primary amides is 1. The van der Waals surface area contributed by atoms with E-state index in [1.54, 1.807) is 26.0 Å². The summed E-state index contributed by atoms with van der Waals surface area (Å²) in [6.07, 6.45) is 0. The van der Waals surface area contributed by atoms with Crippen LogP contribution in [0.15, 0.2) is 38.4 Å². The fraction of sp³-hybridized carbons (Fsp3) is 0.312. The second-order valence-electron chi connectivity index (χ2n) is 5.21. The van der Waals surface area contributed by atoms with Crippen molar-refractivity contribution in [3.8, 4) is 6.07 Å². The molecule has 0 aromatic carbocycles. The lowest BCUT2D eigenvalue weighted by atomic mass is 9.84. The van der Waals surface area contributed by atoms with Crippen molar-refractivity contribution < 1.29 is 14.0 Å². The van der Waals surface area contributed by atoms with Crippen LogP contribution in [0.1, 0.15) is 31.3 Å². The third-order valence-corrected chi connectivity index (χ3v) is 4.47. The number of furan rings is 1. The van der Waals surface area contributed by atoms with Crippen LogP contribution in [0.2, 0.25) is 0 Å². The van der Waals surface area contributed by atoms with Crippen LogP contribution in [0, 0.1) is 18.3 Å². The molecule has 1 unspecified atom stereocenters. The first-order valence-corrected chi connectivity index (χ1v) is 7.94. The Bertz CT molecular complexity index is 768. The molecule has 1 aromatic heterocycles. The first-order chi connectivity index (χ1) is 10.8. The van der Waals surface area contributed by atoms with Crippen molar-refractivity contribution >= 4 is 23.5 Å². The molecule has 2 heterocycles. The van der Waals surface area contributed by atoms with Gasteiger partial charge in [0.15, 0.2) is 5.78 Å². The van der Waals surface area contributed by atoms with E-state index in [0.717, 1.165) is 11.8 Å². The number of dihydropyridines is 1. The van der Waals surface area contributed by atoms with E-state index < -0.39 is 11.8 Å². The molecule has 1 aliphatic heterocycles. The number of nitrogens with one attached hydrogen (secondary N) is 1. The number of hydrogen-bond donors (Lipinski definition) is 2. The largest absolute Gasteiger partial charge is 0.465 e. The second-order valence-corrected chi connectivity index (χ2v) is 6.20. The Kier molecular flexibility index (Phi) is 4.96. The van der Waals surface area contributed by atoms with Crippen LogP contribution < -0.4 is 11.1 Å². The van der Waals surface area contributed by atoms with E-state index in [1.807, 2.05) is 0 Å². The molecule has 120 valence electrons. The van der Waals surface area contributed by atoms with Gasteiger partial charge < -0.3 is 15.5 Å². The zero-order valence-corrected chi connectivity index (χ0v) is 13.9. The molecule has 0 bridgehead atoms. The third-order valence-electron chi connectivity index (χ3n) is 3.43. The van der Waals surface area contributed by atoms with Crippen molar-refractivity contribution in [1.82, 2.24) is 5.32 Å². The highest BCUT2D eigenvalue weighted by Crippen LogP contribution is 2.41. The number of thioether (sulfide) groups is 1. The van der Waals surface area contributed by atoms with Gasteiger partial charge in [-0.05, 0) is 32.9 Å². The number of nitriles is 1. The molecule has 6 nitrogen and oxygen atoms in total. The molecule has 3 N–H and O–H groups in total. The van der Waals surface area contributed by atoms with Crippen LogP contribution in [0.3, 0.4) is 0 Å². The molecule has 0 saturated carbocycles. The summed E-state index contributed by atoms with van der Waals surface area (Å²) < 4.78 is 5.66. The third kappa shape index (κ3) is 3.48. The normalized spacial score (nSPS) is 17.7. The highest BCUT2D eigenvalue weighted by Gasteiger charge is 2.35. The molecule has 23 heavy (non-hydrogen) atoms. The summed E-state index contributed by atoms with van der Waals surface area (Å²) in [5, 5.41) is 13.2. The Balaban J connectivity index is 2.55. The summed E-state index contributed by atoms with van der Waals surface area (Å²) in [4.78, 5) is 23.1. The van der Waals surface area contributed by atoms with Gasteiger partial charge in [0, 0.05) is 11.3 Å². The maximum atomic E-state index is 12.1. The summed E-state index contributed by atoms with van der Waals surface area (Å²) in [5.74, 6) is 0.0691. The van der Waals surface area contributed by atoms with Crippen molar-refractivity contribution in [2.24, 2.45) is 5.73 Å². The number of hydrogen-bond acceptors (Lipinski definition) is 6. The number of aryl methyl sites for hydroxylation is 1. The summed E-state index contributed by atoms with van der Waals surface area (Å²) in [7, 11) is 0. The number of nitrogens with two attached hydrogens (primary N) is 1. The Morgan fingerprint density at radius 2 is 2.13 bits per heavy atom. The fourth-order valence-corrected chi connectivity index (χ4v) is 3.36. The Hall–Kier alpha value is -2.46. The van der Waals surface area contributed by atoms with E-state index >= 15 is 0 Å². The van der Waals surface area contributed by atoms with Gasteiger partial charge in [0.25, 0.3) is 0 Å². The predicted octanol–water partition coefficient (Wildman–Crippen LogP) is 2.09. The highest BCUT2D eigenvalue weighted by atomic mass is 32.2. The van der Waals surface area contributed by atoms with Crippen molar-refractivity contribution in [2.45, 2.75) is 26.7 Å². The number of Topliss-reactive ketones (excluding diaryl/α,β-unsaturated/α-hetero) is 1. The van der Waals surface area contributed by atoms with Crippen LogP contribution >= 0.6 is 11.8 Å². The summed E-state index contributed by atoms with van der Waals surface area (Å²) in [5.41, 5.74) is 6.65. The lowest BCUT2D eigenvalue weighted by Gasteiger charge is -2.27. The first-order valence-electron chi connectivity index (χ1n) is 6.95. The van der Waals surface area contributed by atoms with E-state index in [-0.39, 0.29) is 11.5 Å². The molecule has 1 aromatic rings. The molecule has 1 aliphatic rings. The first kappa shape index (κ1) is 16.9. The minimum atomic E-state index is -0.581. The van der Waals surface area contributed by atoms with Gasteiger partial charge in [0.1, 0.15) is 11.5 Å². The monoisotopic (exact) mass is 331 g/mol. The van der Waals surface area contributed by atoms with Crippen molar-refractivity contribution in [2.75, 3.05) is 5.75 Å². The van der Waals surface area contributed by atoms with Crippen LogP contribution in [0.4, 0.5) is 0 Å². The van der Waals surface area contributed by atoms with Crippen LogP contribution in [0.5, 0.6) is 0 Å². The van der Waals surface area contributed by atoms with E-state index in [0.29, 0.717) is 33.4 Å². The minimum Gasteiger partial charge on any atom is -0.465 e. The molecule has 7 heteroatoms. The highest BCUT2D eigenvalue weighted by molar-refractivity contribution is 8.03. The molecule has 1 atom stereocenters. The van der Waals surface area contributed by atoms with Gasteiger partial charge >= 0.3 is 0 Å². The zero-order chi connectivity index (χ0) is 17.1. The molecule has 0 aliphatic carbocycles. The number of nitrogens with zero attached hydrogens (tertiary/aromatic N) is 1. The number of allylic oxidation sites excluding steroid dienone is 3. The average Bonchev–Trinajstić information content (AvgIpc) is 2.89. The summed E-state index contributed by atoms with van der Waals surface area (Å²) >= 11 is 1.15. The SMILES string of the molecule is CC(=O)C1=C(C)NC(SCC(N)=O)=C(C#N)C1c1ccc(C)o1. The van der Waals surface area contributed by atoms with Gasteiger partial charge in [-0.1, -0.05) is 11.8 Å². The Morgan fingerprint density at radius 3 is 2.61 bits per heavy atom. The van der Waals surface area contributed by atoms with Crippen molar-refractivity contribution in [3.05, 3.63) is 45.5 Å². The number of carbonyl (C=O) groups is 2. The standard InChI is InChI=1S/C16H17N3O3S/c1-8-4-5-12(22-8)15-11(6-17)16(23-7-13(18)21)19-9(2)14(15)10(3)20/h4-5,15,19H,7H2,1-3H3,(H2,18,21). The van der Waals surface area contributed by atoms with Crippen LogP contribution in [-0.4, -0.2) is 17.4 Å². The number of ketones is 1. The molecular weight excluding hydrogens is 314 g/mol. The Labute approximate surface area is 138 Å². The molecule has 2 rings (SSSR count). The zero-order valence-electron chi connectivity index (χ0n) is 13.1.